The van der Waals surface area contributed by atoms with Gasteiger partial charge in [0.05, 0.1) is 6.54 Å². The molecule has 1 fully saturated rings. The van der Waals surface area contributed by atoms with Crippen molar-refractivity contribution in [1.82, 2.24) is 0 Å². The summed E-state index contributed by atoms with van der Waals surface area (Å²) in [6.45, 7) is 0.668. The molecule has 2 N–H and O–H groups in total. The zero-order valence-electron chi connectivity index (χ0n) is 10.9. The summed E-state index contributed by atoms with van der Waals surface area (Å²) in [5.41, 5.74) is 7.10. The van der Waals surface area contributed by atoms with E-state index in [4.69, 9.17) is 5.73 Å². The zero-order valence-corrected chi connectivity index (χ0v) is 10.9. The highest BCUT2D eigenvalue weighted by atomic mass is 14.8. The second-order valence-corrected chi connectivity index (χ2v) is 4.98. The van der Waals surface area contributed by atoms with Crippen LogP contribution in [0.2, 0.25) is 0 Å². The smallest absolute Gasteiger partial charge is 0.118 e. The summed E-state index contributed by atoms with van der Waals surface area (Å²) in [4.78, 5) is 4.39. The number of nitrogens with zero attached hydrogens (tertiary/aromatic N) is 1. The molecule has 1 aromatic carbocycles. The molecule has 0 amide bonds. The van der Waals surface area contributed by atoms with E-state index in [0.717, 1.165) is 0 Å². The first kappa shape index (κ1) is 12.9. The molecule has 0 bridgehead atoms. The summed E-state index contributed by atoms with van der Waals surface area (Å²) >= 11 is 0. The maximum absolute atomic E-state index is 5.90. The molecule has 0 unspecified atom stereocenters. The molecule has 18 heavy (non-hydrogen) atoms. The normalized spacial score (nSPS) is 18.3. The molecule has 0 radical (unpaired) electrons. The van der Waals surface area contributed by atoms with Crippen LogP contribution >= 0.6 is 0 Å². The van der Waals surface area contributed by atoms with E-state index in [1.54, 1.807) is 0 Å². The Morgan fingerprint density at radius 2 is 1.89 bits per heavy atom. The van der Waals surface area contributed by atoms with E-state index in [9.17, 15) is 0 Å². The van der Waals surface area contributed by atoms with Gasteiger partial charge in [-0.05, 0) is 30.4 Å². The second-order valence-electron chi connectivity index (χ2n) is 4.98. The SMILES string of the molecule is NC(C=CC1CCCCC1)=NCc1ccccc1. The lowest BCUT2D eigenvalue weighted by molar-refractivity contribution is 0.419. The van der Waals surface area contributed by atoms with Crippen molar-refractivity contribution in [3.63, 3.8) is 0 Å². The fourth-order valence-electron chi connectivity index (χ4n) is 2.38. The summed E-state index contributed by atoms with van der Waals surface area (Å²) in [7, 11) is 0. The monoisotopic (exact) mass is 242 g/mol. The molecule has 96 valence electrons. The van der Waals surface area contributed by atoms with Crippen LogP contribution in [0.3, 0.4) is 0 Å². The van der Waals surface area contributed by atoms with Gasteiger partial charge in [0.15, 0.2) is 0 Å². The first-order chi connectivity index (χ1) is 8.84. The molecular weight excluding hydrogens is 220 g/mol. The van der Waals surface area contributed by atoms with Gasteiger partial charge in [0.2, 0.25) is 0 Å². The topological polar surface area (TPSA) is 38.4 Å². The van der Waals surface area contributed by atoms with Crippen molar-refractivity contribution in [2.24, 2.45) is 16.6 Å². The van der Waals surface area contributed by atoms with Gasteiger partial charge < -0.3 is 5.73 Å². The summed E-state index contributed by atoms with van der Waals surface area (Å²) in [6, 6.07) is 10.2. The third-order valence-electron chi connectivity index (χ3n) is 3.48. The summed E-state index contributed by atoms with van der Waals surface area (Å²) in [6.07, 6.45) is 10.9. The van der Waals surface area contributed by atoms with Crippen LogP contribution in [0.5, 0.6) is 0 Å². The van der Waals surface area contributed by atoms with Gasteiger partial charge in [0.25, 0.3) is 0 Å². The molecule has 1 aromatic rings. The van der Waals surface area contributed by atoms with Gasteiger partial charge in [-0.25, -0.2) is 0 Å². The number of allylic oxidation sites excluding steroid dienone is 1. The minimum atomic E-state index is 0.643. The number of benzene rings is 1. The van der Waals surface area contributed by atoms with Crippen LogP contribution in [0.25, 0.3) is 0 Å². The largest absolute Gasteiger partial charge is 0.384 e. The molecule has 1 aliphatic rings. The molecular formula is C16H22N2. The van der Waals surface area contributed by atoms with Gasteiger partial charge in [0, 0.05) is 0 Å². The number of aliphatic imine (C=N–C) groups is 1. The molecule has 2 nitrogen and oxygen atoms in total. The van der Waals surface area contributed by atoms with Crippen molar-refractivity contribution in [1.29, 1.82) is 0 Å². The first-order valence-electron chi connectivity index (χ1n) is 6.86. The van der Waals surface area contributed by atoms with E-state index in [2.05, 4.69) is 23.2 Å². The molecule has 2 rings (SSSR count). The highest BCUT2D eigenvalue weighted by Crippen LogP contribution is 2.24. The Bertz CT molecular complexity index is 400. The number of rotatable bonds is 4. The van der Waals surface area contributed by atoms with Crippen LogP contribution in [-0.2, 0) is 6.54 Å². The predicted molar refractivity (Wildman–Crippen MR) is 77.5 cm³/mol. The summed E-state index contributed by atoms with van der Waals surface area (Å²) in [5.74, 6) is 1.36. The van der Waals surface area contributed by atoms with Crippen LogP contribution in [0.4, 0.5) is 0 Å². The lowest BCUT2D eigenvalue weighted by atomic mass is 9.89. The van der Waals surface area contributed by atoms with E-state index >= 15 is 0 Å². The number of hydrogen-bond donors (Lipinski definition) is 1. The molecule has 0 aliphatic heterocycles. The Balaban J connectivity index is 1.83. The summed E-state index contributed by atoms with van der Waals surface area (Å²) < 4.78 is 0. The molecule has 1 saturated carbocycles. The quantitative estimate of drug-likeness (QED) is 0.635. The Morgan fingerprint density at radius 1 is 1.17 bits per heavy atom. The van der Waals surface area contributed by atoms with Crippen molar-refractivity contribution in [3.05, 3.63) is 48.0 Å². The Morgan fingerprint density at radius 3 is 2.61 bits per heavy atom. The lowest BCUT2D eigenvalue weighted by Gasteiger charge is -2.17. The summed E-state index contributed by atoms with van der Waals surface area (Å²) in [5, 5.41) is 0. The van der Waals surface area contributed by atoms with Gasteiger partial charge >= 0.3 is 0 Å². The highest BCUT2D eigenvalue weighted by Gasteiger charge is 2.09. The number of amidine groups is 1. The number of hydrogen-bond acceptors (Lipinski definition) is 1. The molecule has 0 saturated heterocycles. The predicted octanol–water partition coefficient (Wildman–Crippen LogP) is 3.68. The van der Waals surface area contributed by atoms with Crippen LogP contribution in [0, 0.1) is 5.92 Å². The van der Waals surface area contributed by atoms with Gasteiger partial charge in [-0.15, -0.1) is 0 Å². The van der Waals surface area contributed by atoms with Crippen LogP contribution in [0.15, 0.2) is 47.5 Å². The average Bonchev–Trinajstić information content (AvgIpc) is 2.45. The zero-order chi connectivity index (χ0) is 12.6. The molecule has 2 heteroatoms. The standard InChI is InChI=1S/C16H22N2/c17-16(12-11-14-7-3-1-4-8-14)18-13-15-9-5-2-6-10-15/h2,5-6,9-12,14H,1,3-4,7-8,13H2,(H2,17,18). The third kappa shape index (κ3) is 4.36. The maximum atomic E-state index is 5.90. The highest BCUT2D eigenvalue weighted by molar-refractivity contribution is 5.91. The van der Waals surface area contributed by atoms with Crippen LogP contribution in [-0.4, -0.2) is 5.84 Å². The van der Waals surface area contributed by atoms with Crippen LogP contribution < -0.4 is 5.73 Å². The van der Waals surface area contributed by atoms with Gasteiger partial charge in [-0.2, -0.15) is 0 Å². The fourth-order valence-corrected chi connectivity index (χ4v) is 2.38. The minimum Gasteiger partial charge on any atom is -0.384 e. The fraction of sp³-hybridized carbons (Fsp3) is 0.438. The Labute approximate surface area is 110 Å². The molecule has 0 atom stereocenters. The van der Waals surface area contributed by atoms with Crippen molar-refractivity contribution in [2.45, 2.75) is 38.6 Å². The van der Waals surface area contributed by atoms with E-state index < -0.39 is 0 Å². The van der Waals surface area contributed by atoms with Gasteiger partial charge in [-0.3, -0.25) is 4.99 Å². The molecule has 0 spiro atoms. The second kappa shape index (κ2) is 7.00. The van der Waals surface area contributed by atoms with E-state index in [-0.39, 0.29) is 0 Å². The maximum Gasteiger partial charge on any atom is 0.118 e. The number of nitrogens with two attached hydrogens (primary N) is 1. The molecule has 0 heterocycles. The first-order valence-corrected chi connectivity index (χ1v) is 6.86. The Hall–Kier alpha value is -1.57. The minimum absolute atomic E-state index is 0.643. The molecule has 0 aromatic heterocycles. The molecule has 1 aliphatic carbocycles. The average molecular weight is 242 g/mol. The van der Waals surface area contributed by atoms with Gasteiger partial charge in [-0.1, -0.05) is 55.7 Å². The van der Waals surface area contributed by atoms with Crippen molar-refractivity contribution < 1.29 is 0 Å². The van der Waals surface area contributed by atoms with E-state index in [0.29, 0.717) is 18.3 Å². The lowest BCUT2D eigenvalue weighted by Crippen LogP contribution is -2.10. The van der Waals surface area contributed by atoms with Crippen molar-refractivity contribution >= 4 is 5.84 Å². The van der Waals surface area contributed by atoms with Crippen molar-refractivity contribution in [3.8, 4) is 0 Å². The van der Waals surface area contributed by atoms with Crippen molar-refractivity contribution in [2.75, 3.05) is 0 Å². The Kier molecular flexibility index (Phi) is 5.00. The van der Waals surface area contributed by atoms with E-state index in [1.165, 1.54) is 37.7 Å². The van der Waals surface area contributed by atoms with Gasteiger partial charge in [0.1, 0.15) is 5.84 Å². The van der Waals surface area contributed by atoms with Crippen LogP contribution in [0.1, 0.15) is 37.7 Å². The third-order valence-corrected chi connectivity index (χ3v) is 3.48. The van der Waals surface area contributed by atoms with E-state index in [1.807, 2.05) is 24.3 Å².